The molecule has 1 heterocycles. The third-order valence-corrected chi connectivity index (χ3v) is 7.35. The SMILES string of the molecule is CCCCn1c(SC(C)C(=O)NC2CCCCC2)nc2cc(S(N)(=O)=O)ccc21. The molecule has 7 nitrogen and oxygen atoms in total. The van der Waals surface area contributed by atoms with Crippen LogP contribution in [0, 0.1) is 0 Å². The highest BCUT2D eigenvalue weighted by Gasteiger charge is 2.23. The first kappa shape index (κ1) is 22.1. The number of rotatable bonds is 8. The molecule has 1 amide bonds. The molecule has 1 aliphatic carbocycles. The van der Waals surface area contributed by atoms with Crippen LogP contribution in [-0.4, -0.2) is 35.2 Å². The minimum absolute atomic E-state index is 0.0289. The van der Waals surface area contributed by atoms with E-state index in [0.29, 0.717) is 5.52 Å². The van der Waals surface area contributed by atoms with E-state index in [2.05, 4.69) is 21.8 Å². The fourth-order valence-corrected chi connectivity index (χ4v) is 5.16. The van der Waals surface area contributed by atoms with Gasteiger partial charge in [-0.15, -0.1) is 0 Å². The first-order valence-electron chi connectivity index (χ1n) is 10.3. The van der Waals surface area contributed by atoms with Gasteiger partial charge in [-0.2, -0.15) is 0 Å². The molecule has 9 heteroatoms. The maximum Gasteiger partial charge on any atom is 0.238 e. The molecule has 0 radical (unpaired) electrons. The van der Waals surface area contributed by atoms with Crippen LogP contribution in [0.5, 0.6) is 0 Å². The highest BCUT2D eigenvalue weighted by molar-refractivity contribution is 8.00. The van der Waals surface area contributed by atoms with Gasteiger partial charge in [0.2, 0.25) is 15.9 Å². The first-order chi connectivity index (χ1) is 13.8. The number of nitrogens with two attached hydrogens (primary N) is 1. The van der Waals surface area contributed by atoms with Gasteiger partial charge in [0.1, 0.15) is 0 Å². The number of carbonyl (C=O) groups excluding carboxylic acids is 1. The third kappa shape index (κ3) is 5.52. The summed E-state index contributed by atoms with van der Waals surface area (Å²) in [4.78, 5) is 17.4. The number of primary sulfonamides is 1. The summed E-state index contributed by atoms with van der Waals surface area (Å²) in [5.74, 6) is 0.0289. The molecule has 0 saturated heterocycles. The van der Waals surface area contributed by atoms with Crippen molar-refractivity contribution in [3.8, 4) is 0 Å². The number of carbonyl (C=O) groups is 1. The van der Waals surface area contributed by atoms with Gasteiger partial charge in [-0.3, -0.25) is 4.79 Å². The summed E-state index contributed by atoms with van der Waals surface area (Å²) in [6.07, 6.45) is 7.69. The molecule has 2 aromatic rings. The van der Waals surface area contributed by atoms with Crippen molar-refractivity contribution in [2.24, 2.45) is 5.14 Å². The van der Waals surface area contributed by atoms with Crippen LogP contribution in [0.2, 0.25) is 0 Å². The van der Waals surface area contributed by atoms with Crippen molar-refractivity contribution >= 4 is 38.7 Å². The van der Waals surface area contributed by atoms with E-state index in [1.54, 1.807) is 6.07 Å². The normalized spacial score (nSPS) is 16.8. The molecule has 0 aliphatic heterocycles. The van der Waals surface area contributed by atoms with Crippen molar-refractivity contribution in [3.63, 3.8) is 0 Å². The minimum Gasteiger partial charge on any atom is -0.352 e. The van der Waals surface area contributed by atoms with Gasteiger partial charge in [-0.05, 0) is 44.4 Å². The van der Waals surface area contributed by atoms with Crippen LogP contribution >= 0.6 is 11.8 Å². The molecule has 1 aromatic carbocycles. The molecular formula is C20H30N4O3S2. The van der Waals surface area contributed by atoms with Crippen molar-refractivity contribution < 1.29 is 13.2 Å². The Hall–Kier alpha value is -1.58. The number of benzene rings is 1. The predicted molar refractivity (Wildman–Crippen MR) is 116 cm³/mol. The number of aryl methyl sites for hydroxylation is 1. The lowest BCUT2D eigenvalue weighted by Crippen LogP contribution is -2.40. The molecule has 1 saturated carbocycles. The zero-order valence-electron chi connectivity index (χ0n) is 17.1. The quantitative estimate of drug-likeness (QED) is 0.614. The summed E-state index contributed by atoms with van der Waals surface area (Å²) in [5.41, 5.74) is 1.43. The molecule has 1 unspecified atom stereocenters. The number of amides is 1. The van der Waals surface area contributed by atoms with Crippen molar-refractivity contribution in [1.29, 1.82) is 0 Å². The minimum atomic E-state index is -3.79. The highest BCUT2D eigenvalue weighted by Crippen LogP contribution is 2.29. The zero-order valence-corrected chi connectivity index (χ0v) is 18.7. The molecular weight excluding hydrogens is 408 g/mol. The number of unbranched alkanes of at least 4 members (excludes halogenated alkanes) is 1. The van der Waals surface area contributed by atoms with Gasteiger partial charge >= 0.3 is 0 Å². The van der Waals surface area contributed by atoms with Crippen molar-refractivity contribution in [2.75, 3.05) is 0 Å². The van der Waals surface area contributed by atoms with E-state index in [4.69, 9.17) is 5.14 Å². The third-order valence-electron chi connectivity index (χ3n) is 5.35. The molecule has 29 heavy (non-hydrogen) atoms. The van der Waals surface area contributed by atoms with Crippen molar-refractivity contribution in [1.82, 2.24) is 14.9 Å². The summed E-state index contributed by atoms with van der Waals surface area (Å²) in [7, 11) is -3.79. The maximum atomic E-state index is 12.7. The summed E-state index contributed by atoms with van der Waals surface area (Å²) < 4.78 is 25.4. The van der Waals surface area contributed by atoms with Crippen LogP contribution in [-0.2, 0) is 21.4 Å². The van der Waals surface area contributed by atoms with Crippen LogP contribution < -0.4 is 10.5 Å². The molecule has 1 atom stereocenters. The number of hydrogen-bond acceptors (Lipinski definition) is 5. The van der Waals surface area contributed by atoms with E-state index >= 15 is 0 Å². The monoisotopic (exact) mass is 438 g/mol. The van der Waals surface area contributed by atoms with Gasteiger partial charge in [0, 0.05) is 12.6 Å². The average Bonchev–Trinajstić information content (AvgIpc) is 3.02. The number of fused-ring (bicyclic) bond motifs is 1. The van der Waals surface area contributed by atoms with E-state index in [9.17, 15) is 13.2 Å². The Kier molecular flexibility index (Phi) is 7.23. The summed E-state index contributed by atoms with van der Waals surface area (Å²) >= 11 is 1.42. The number of thioether (sulfide) groups is 1. The highest BCUT2D eigenvalue weighted by atomic mass is 32.2. The Balaban J connectivity index is 1.83. The molecule has 160 valence electrons. The second-order valence-corrected chi connectivity index (χ2v) is 10.6. The van der Waals surface area contributed by atoms with Crippen LogP contribution in [0.4, 0.5) is 0 Å². The van der Waals surface area contributed by atoms with Crippen LogP contribution in [0.15, 0.2) is 28.3 Å². The fourth-order valence-electron chi connectivity index (χ4n) is 3.66. The Labute approximate surface area is 176 Å². The average molecular weight is 439 g/mol. The number of sulfonamides is 1. The number of hydrogen-bond donors (Lipinski definition) is 2. The van der Waals surface area contributed by atoms with Gasteiger partial charge in [-0.1, -0.05) is 44.4 Å². The Morgan fingerprint density at radius 1 is 1.34 bits per heavy atom. The summed E-state index contributed by atoms with van der Waals surface area (Å²) in [6, 6.07) is 5.03. The van der Waals surface area contributed by atoms with Crippen LogP contribution in [0.1, 0.15) is 58.8 Å². The van der Waals surface area contributed by atoms with E-state index in [0.717, 1.165) is 42.9 Å². The number of imidazole rings is 1. The molecule has 1 fully saturated rings. The Bertz CT molecular complexity index is 966. The van der Waals surface area contributed by atoms with Crippen LogP contribution in [0.25, 0.3) is 11.0 Å². The largest absolute Gasteiger partial charge is 0.352 e. The second kappa shape index (κ2) is 9.49. The number of nitrogens with one attached hydrogen (secondary N) is 1. The molecule has 1 aliphatic rings. The molecule has 3 N–H and O–H groups in total. The van der Waals surface area contributed by atoms with Gasteiger partial charge in [-0.25, -0.2) is 18.5 Å². The van der Waals surface area contributed by atoms with Gasteiger partial charge in [0.25, 0.3) is 0 Å². The van der Waals surface area contributed by atoms with E-state index < -0.39 is 10.0 Å². The lowest BCUT2D eigenvalue weighted by molar-refractivity contribution is -0.121. The predicted octanol–water partition coefficient (Wildman–Crippen LogP) is 3.41. The lowest BCUT2D eigenvalue weighted by atomic mass is 9.95. The topological polar surface area (TPSA) is 107 Å². The lowest BCUT2D eigenvalue weighted by Gasteiger charge is -2.24. The first-order valence-corrected chi connectivity index (χ1v) is 12.7. The van der Waals surface area contributed by atoms with Gasteiger partial charge in [0.05, 0.1) is 21.2 Å². The maximum absolute atomic E-state index is 12.7. The zero-order chi connectivity index (χ0) is 21.0. The summed E-state index contributed by atoms with van der Waals surface area (Å²) in [5, 5.41) is 8.88. The number of aromatic nitrogens is 2. The molecule has 0 bridgehead atoms. The molecule has 1 aromatic heterocycles. The second-order valence-electron chi connectivity index (χ2n) is 7.70. The van der Waals surface area contributed by atoms with Crippen molar-refractivity contribution in [2.45, 2.75) is 86.7 Å². The smallest absolute Gasteiger partial charge is 0.238 e. The van der Waals surface area contributed by atoms with Gasteiger partial charge in [0.15, 0.2) is 5.16 Å². The van der Waals surface area contributed by atoms with Crippen molar-refractivity contribution in [3.05, 3.63) is 18.2 Å². The van der Waals surface area contributed by atoms with E-state index in [-0.39, 0.29) is 22.1 Å². The number of nitrogens with zero attached hydrogens (tertiary/aromatic N) is 2. The van der Waals surface area contributed by atoms with E-state index in [1.165, 1.54) is 43.2 Å². The molecule has 3 rings (SSSR count). The summed E-state index contributed by atoms with van der Waals surface area (Å²) in [6.45, 7) is 4.77. The fraction of sp³-hybridized carbons (Fsp3) is 0.600. The molecule has 0 spiro atoms. The Morgan fingerprint density at radius 2 is 2.07 bits per heavy atom. The van der Waals surface area contributed by atoms with E-state index in [1.807, 2.05) is 6.92 Å². The van der Waals surface area contributed by atoms with Crippen LogP contribution in [0.3, 0.4) is 0 Å². The van der Waals surface area contributed by atoms with Gasteiger partial charge < -0.3 is 9.88 Å². The Morgan fingerprint density at radius 3 is 2.72 bits per heavy atom. The standard InChI is InChI=1S/C20H30N4O3S2/c1-3-4-12-24-18-11-10-16(29(21,26)27)13-17(18)23-20(24)28-14(2)19(25)22-15-8-6-5-7-9-15/h10-11,13-15H,3-9,12H2,1-2H3,(H,22,25)(H2,21,26,27).